The van der Waals surface area contributed by atoms with Gasteiger partial charge in [0, 0.05) is 0 Å². The summed E-state index contributed by atoms with van der Waals surface area (Å²) in [6.45, 7) is 1.94. The number of aliphatic carboxylic acids is 1. The smallest absolute Gasteiger partial charge is 0.321 e. The van der Waals surface area contributed by atoms with Crippen molar-refractivity contribution in [1.82, 2.24) is 0 Å². The topological polar surface area (TPSA) is 63.3 Å². The molecule has 3 nitrogen and oxygen atoms in total. The molecule has 1 rings (SSSR count). The van der Waals surface area contributed by atoms with Crippen LogP contribution in [0.3, 0.4) is 0 Å². The average Bonchev–Trinajstić information content (AvgIpc) is 1.81. The number of carboxylic acid groups (broad SMARTS) is 1. The van der Waals surface area contributed by atoms with Crippen LogP contribution in [0.5, 0.6) is 0 Å². The Morgan fingerprint density at radius 3 is 2.30 bits per heavy atom. The third-order valence-corrected chi connectivity index (χ3v) is 2.51. The van der Waals surface area contributed by atoms with Gasteiger partial charge in [0.25, 0.3) is 0 Å². The van der Waals surface area contributed by atoms with Crippen LogP contribution in [-0.4, -0.2) is 17.1 Å². The van der Waals surface area contributed by atoms with Gasteiger partial charge in [0.15, 0.2) is 0 Å². The average molecular weight is 143 g/mol. The molecule has 1 atom stereocenters. The SMILES string of the molecule is CC1(C(N)C(=O)O)CCC1. The molecule has 0 amide bonds. The Morgan fingerprint density at radius 2 is 2.20 bits per heavy atom. The molecular weight excluding hydrogens is 130 g/mol. The Bertz CT molecular complexity index is 152. The minimum absolute atomic E-state index is 0.119. The van der Waals surface area contributed by atoms with E-state index in [0.29, 0.717) is 0 Å². The largest absolute Gasteiger partial charge is 0.480 e. The van der Waals surface area contributed by atoms with Gasteiger partial charge in [0.1, 0.15) is 6.04 Å². The van der Waals surface area contributed by atoms with E-state index in [0.717, 1.165) is 19.3 Å². The number of nitrogens with two attached hydrogens (primary N) is 1. The molecule has 1 aliphatic rings. The minimum atomic E-state index is -0.873. The van der Waals surface area contributed by atoms with Crippen molar-refractivity contribution in [1.29, 1.82) is 0 Å². The van der Waals surface area contributed by atoms with Crippen molar-refractivity contribution in [2.75, 3.05) is 0 Å². The zero-order valence-corrected chi connectivity index (χ0v) is 6.13. The summed E-state index contributed by atoms with van der Waals surface area (Å²) in [7, 11) is 0. The summed E-state index contributed by atoms with van der Waals surface area (Å²) in [6.07, 6.45) is 3.04. The first-order valence-electron chi connectivity index (χ1n) is 3.55. The van der Waals surface area contributed by atoms with Crippen molar-refractivity contribution in [3.8, 4) is 0 Å². The molecule has 0 radical (unpaired) electrons. The lowest BCUT2D eigenvalue weighted by atomic mass is 9.66. The fourth-order valence-corrected chi connectivity index (χ4v) is 1.34. The maximum absolute atomic E-state index is 10.4. The van der Waals surface area contributed by atoms with E-state index in [9.17, 15) is 4.79 Å². The summed E-state index contributed by atoms with van der Waals surface area (Å²) in [5.41, 5.74) is 5.34. The molecule has 10 heavy (non-hydrogen) atoms. The molecule has 1 fully saturated rings. The maximum atomic E-state index is 10.4. The van der Waals surface area contributed by atoms with Gasteiger partial charge >= 0.3 is 5.97 Å². The van der Waals surface area contributed by atoms with Gasteiger partial charge in [-0.05, 0) is 18.3 Å². The number of carboxylic acids is 1. The van der Waals surface area contributed by atoms with Crippen LogP contribution in [0.15, 0.2) is 0 Å². The van der Waals surface area contributed by atoms with Crippen molar-refractivity contribution in [3.63, 3.8) is 0 Å². The van der Waals surface area contributed by atoms with Gasteiger partial charge in [0.05, 0.1) is 0 Å². The Morgan fingerprint density at radius 1 is 1.70 bits per heavy atom. The lowest BCUT2D eigenvalue weighted by Gasteiger charge is -2.41. The molecule has 0 bridgehead atoms. The molecule has 0 aromatic carbocycles. The number of hydrogen-bond donors (Lipinski definition) is 2. The number of carbonyl (C=O) groups is 1. The zero-order chi connectivity index (χ0) is 7.78. The van der Waals surface area contributed by atoms with Crippen LogP contribution >= 0.6 is 0 Å². The first-order valence-corrected chi connectivity index (χ1v) is 3.55. The summed E-state index contributed by atoms with van der Waals surface area (Å²) in [5.74, 6) is -0.873. The first kappa shape index (κ1) is 7.54. The fourth-order valence-electron chi connectivity index (χ4n) is 1.34. The van der Waals surface area contributed by atoms with Crippen LogP contribution in [0.25, 0.3) is 0 Å². The highest BCUT2D eigenvalue weighted by atomic mass is 16.4. The molecule has 0 spiro atoms. The van der Waals surface area contributed by atoms with E-state index in [4.69, 9.17) is 10.8 Å². The van der Waals surface area contributed by atoms with Crippen molar-refractivity contribution in [2.45, 2.75) is 32.2 Å². The van der Waals surface area contributed by atoms with E-state index in [1.165, 1.54) is 0 Å². The highest BCUT2D eigenvalue weighted by Crippen LogP contribution is 2.42. The number of rotatable bonds is 2. The quantitative estimate of drug-likeness (QED) is 0.594. The Labute approximate surface area is 60.2 Å². The van der Waals surface area contributed by atoms with Crippen LogP contribution in [0.4, 0.5) is 0 Å². The minimum Gasteiger partial charge on any atom is -0.480 e. The van der Waals surface area contributed by atoms with Gasteiger partial charge in [-0.25, -0.2) is 0 Å². The molecule has 3 N–H and O–H groups in total. The predicted octanol–water partition coefficient (Wildman–Crippen LogP) is 0.588. The van der Waals surface area contributed by atoms with Gasteiger partial charge in [-0.3, -0.25) is 4.79 Å². The van der Waals surface area contributed by atoms with Crippen LogP contribution in [0.2, 0.25) is 0 Å². The Hall–Kier alpha value is -0.570. The molecule has 1 unspecified atom stereocenters. The van der Waals surface area contributed by atoms with Crippen LogP contribution < -0.4 is 5.73 Å². The predicted molar refractivity (Wildman–Crippen MR) is 37.6 cm³/mol. The lowest BCUT2D eigenvalue weighted by molar-refractivity contribution is -0.143. The van der Waals surface area contributed by atoms with E-state index in [2.05, 4.69) is 0 Å². The van der Waals surface area contributed by atoms with Crippen LogP contribution in [-0.2, 0) is 4.79 Å². The van der Waals surface area contributed by atoms with Crippen molar-refractivity contribution >= 4 is 5.97 Å². The molecular formula is C7H13NO2. The Kier molecular flexibility index (Phi) is 1.68. The molecule has 0 aromatic heterocycles. The van der Waals surface area contributed by atoms with Gasteiger partial charge in [-0.1, -0.05) is 13.3 Å². The first-order chi connectivity index (χ1) is 4.56. The normalized spacial score (nSPS) is 25.0. The van der Waals surface area contributed by atoms with Crippen molar-refractivity contribution in [2.24, 2.45) is 11.1 Å². The van der Waals surface area contributed by atoms with Gasteiger partial charge in [-0.2, -0.15) is 0 Å². The zero-order valence-electron chi connectivity index (χ0n) is 6.13. The van der Waals surface area contributed by atoms with E-state index in [1.807, 2.05) is 6.92 Å². The van der Waals surface area contributed by atoms with E-state index >= 15 is 0 Å². The third-order valence-electron chi connectivity index (χ3n) is 2.51. The molecule has 0 aliphatic heterocycles. The van der Waals surface area contributed by atoms with E-state index in [-0.39, 0.29) is 5.41 Å². The molecule has 0 heterocycles. The van der Waals surface area contributed by atoms with Crippen molar-refractivity contribution < 1.29 is 9.90 Å². The van der Waals surface area contributed by atoms with Crippen molar-refractivity contribution in [3.05, 3.63) is 0 Å². The Balaban J connectivity index is 2.54. The van der Waals surface area contributed by atoms with E-state index in [1.54, 1.807) is 0 Å². The molecule has 1 saturated carbocycles. The lowest BCUT2D eigenvalue weighted by Crippen LogP contribution is -2.49. The van der Waals surface area contributed by atoms with Gasteiger partial charge < -0.3 is 10.8 Å². The highest BCUT2D eigenvalue weighted by Gasteiger charge is 2.41. The van der Waals surface area contributed by atoms with Crippen LogP contribution in [0, 0.1) is 5.41 Å². The standard InChI is InChI=1S/C7H13NO2/c1-7(3-2-4-7)5(8)6(9)10/h5H,2-4,8H2,1H3,(H,9,10). The summed E-state index contributed by atoms with van der Waals surface area (Å²) in [6, 6.07) is -0.666. The summed E-state index contributed by atoms with van der Waals surface area (Å²) >= 11 is 0. The van der Waals surface area contributed by atoms with E-state index < -0.39 is 12.0 Å². The molecule has 3 heteroatoms. The third kappa shape index (κ3) is 1.01. The molecule has 0 aromatic rings. The monoisotopic (exact) mass is 143 g/mol. The van der Waals surface area contributed by atoms with Gasteiger partial charge in [0.2, 0.25) is 0 Å². The van der Waals surface area contributed by atoms with Gasteiger partial charge in [-0.15, -0.1) is 0 Å². The maximum Gasteiger partial charge on any atom is 0.321 e. The second-order valence-electron chi connectivity index (χ2n) is 3.32. The fraction of sp³-hybridized carbons (Fsp3) is 0.857. The number of hydrogen-bond acceptors (Lipinski definition) is 2. The molecule has 1 aliphatic carbocycles. The summed E-state index contributed by atoms with van der Waals surface area (Å²) in [4.78, 5) is 10.4. The second-order valence-corrected chi connectivity index (χ2v) is 3.32. The summed E-state index contributed by atoms with van der Waals surface area (Å²) in [5, 5.41) is 8.56. The molecule has 0 saturated heterocycles. The summed E-state index contributed by atoms with van der Waals surface area (Å²) < 4.78 is 0. The highest BCUT2D eigenvalue weighted by molar-refractivity contribution is 5.74. The molecule has 58 valence electrons. The second kappa shape index (κ2) is 2.23. The van der Waals surface area contributed by atoms with Crippen LogP contribution in [0.1, 0.15) is 26.2 Å².